The summed E-state index contributed by atoms with van der Waals surface area (Å²) in [5.41, 5.74) is 4.47. The maximum atomic E-state index is 4.65. The second kappa shape index (κ2) is 5.83. The first-order valence-corrected chi connectivity index (χ1v) is 6.78. The monoisotopic (exact) mass is 255 g/mol. The van der Waals surface area contributed by atoms with Crippen LogP contribution in [-0.2, 0) is 0 Å². The molecule has 0 atom stereocenters. The number of benzene rings is 1. The van der Waals surface area contributed by atoms with Gasteiger partial charge in [-0.3, -0.25) is 0 Å². The molecule has 0 fully saturated rings. The molecule has 0 saturated heterocycles. The van der Waals surface area contributed by atoms with E-state index in [1.807, 2.05) is 6.92 Å². The van der Waals surface area contributed by atoms with Gasteiger partial charge in [0.1, 0.15) is 5.82 Å². The molecule has 0 saturated carbocycles. The van der Waals surface area contributed by atoms with Crippen molar-refractivity contribution >= 4 is 5.82 Å². The first-order chi connectivity index (χ1) is 9.11. The van der Waals surface area contributed by atoms with Crippen molar-refractivity contribution < 1.29 is 0 Å². The van der Waals surface area contributed by atoms with Crippen molar-refractivity contribution in [3.05, 3.63) is 41.1 Å². The number of aryl methyl sites for hydroxylation is 2. The molecule has 0 aliphatic rings. The standard InChI is InChI=1S/C16H21N3/c1-5-10-17-15-12(3)13(4)18-16(19-15)14-8-6-11(2)7-9-14/h6-9H,5,10H2,1-4H3,(H,17,18,19). The Balaban J connectivity index is 2.40. The van der Waals surface area contributed by atoms with Crippen molar-refractivity contribution in [3.63, 3.8) is 0 Å². The highest BCUT2D eigenvalue weighted by atomic mass is 15.0. The van der Waals surface area contributed by atoms with Crippen molar-refractivity contribution in [1.82, 2.24) is 9.97 Å². The highest BCUT2D eigenvalue weighted by molar-refractivity contribution is 5.60. The van der Waals surface area contributed by atoms with E-state index in [2.05, 4.69) is 60.3 Å². The van der Waals surface area contributed by atoms with Gasteiger partial charge in [-0.1, -0.05) is 36.8 Å². The Hall–Kier alpha value is -1.90. The Labute approximate surface area is 115 Å². The van der Waals surface area contributed by atoms with Crippen LogP contribution in [0.25, 0.3) is 11.4 Å². The fraction of sp³-hybridized carbons (Fsp3) is 0.375. The summed E-state index contributed by atoms with van der Waals surface area (Å²) in [5.74, 6) is 1.74. The van der Waals surface area contributed by atoms with E-state index in [0.29, 0.717) is 0 Å². The predicted octanol–water partition coefficient (Wildman–Crippen LogP) is 3.89. The van der Waals surface area contributed by atoms with Crippen LogP contribution in [0.4, 0.5) is 5.82 Å². The van der Waals surface area contributed by atoms with E-state index >= 15 is 0 Å². The molecule has 1 aromatic heterocycles. The summed E-state index contributed by atoms with van der Waals surface area (Å²) in [5, 5.41) is 3.37. The highest BCUT2D eigenvalue weighted by Gasteiger charge is 2.09. The molecule has 3 heteroatoms. The van der Waals surface area contributed by atoms with Crippen molar-refractivity contribution in [3.8, 4) is 11.4 Å². The molecule has 0 amide bonds. The Kier molecular flexibility index (Phi) is 4.15. The summed E-state index contributed by atoms with van der Waals surface area (Å²) >= 11 is 0. The highest BCUT2D eigenvalue weighted by Crippen LogP contribution is 2.21. The van der Waals surface area contributed by atoms with Crippen LogP contribution in [0.1, 0.15) is 30.2 Å². The quantitative estimate of drug-likeness (QED) is 0.900. The van der Waals surface area contributed by atoms with Crippen LogP contribution < -0.4 is 5.32 Å². The van der Waals surface area contributed by atoms with Crippen LogP contribution in [0.15, 0.2) is 24.3 Å². The zero-order valence-corrected chi connectivity index (χ0v) is 12.1. The van der Waals surface area contributed by atoms with Crippen LogP contribution >= 0.6 is 0 Å². The third-order valence-electron chi connectivity index (χ3n) is 3.24. The minimum atomic E-state index is 0.793. The first kappa shape index (κ1) is 13.5. The van der Waals surface area contributed by atoms with Gasteiger partial charge < -0.3 is 5.32 Å². The van der Waals surface area contributed by atoms with E-state index in [9.17, 15) is 0 Å². The lowest BCUT2D eigenvalue weighted by Gasteiger charge is -2.12. The van der Waals surface area contributed by atoms with E-state index in [4.69, 9.17) is 0 Å². The molecule has 1 aromatic carbocycles. The second-order valence-corrected chi connectivity index (χ2v) is 4.90. The van der Waals surface area contributed by atoms with Gasteiger partial charge in [-0.15, -0.1) is 0 Å². The van der Waals surface area contributed by atoms with E-state index in [-0.39, 0.29) is 0 Å². The van der Waals surface area contributed by atoms with Crippen molar-refractivity contribution in [2.24, 2.45) is 0 Å². The van der Waals surface area contributed by atoms with Gasteiger partial charge in [0.05, 0.1) is 0 Å². The van der Waals surface area contributed by atoms with E-state index in [1.165, 1.54) is 5.56 Å². The summed E-state index contributed by atoms with van der Waals surface area (Å²) in [7, 11) is 0. The molecule has 0 aliphatic heterocycles. The van der Waals surface area contributed by atoms with E-state index < -0.39 is 0 Å². The fourth-order valence-electron chi connectivity index (χ4n) is 1.88. The van der Waals surface area contributed by atoms with Crippen LogP contribution in [0.2, 0.25) is 0 Å². The predicted molar refractivity (Wildman–Crippen MR) is 80.5 cm³/mol. The molecule has 0 unspecified atom stereocenters. The smallest absolute Gasteiger partial charge is 0.161 e. The number of hydrogen-bond donors (Lipinski definition) is 1. The molecule has 0 bridgehead atoms. The topological polar surface area (TPSA) is 37.8 Å². The Bertz CT molecular complexity index is 559. The molecule has 1 N–H and O–H groups in total. The third kappa shape index (κ3) is 3.11. The van der Waals surface area contributed by atoms with Gasteiger partial charge in [0.2, 0.25) is 0 Å². The van der Waals surface area contributed by atoms with Crippen LogP contribution in [0.5, 0.6) is 0 Å². The van der Waals surface area contributed by atoms with Gasteiger partial charge in [-0.05, 0) is 27.2 Å². The molecule has 2 rings (SSSR count). The number of anilines is 1. The number of aromatic nitrogens is 2. The molecule has 0 aliphatic carbocycles. The molecule has 19 heavy (non-hydrogen) atoms. The first-order valence-electron chi connectivity index (χ1n) is 6.78. The minimum Gasteiger partial charge on any atom is -0.370 e. The van der Waals surface area contributed by atoms with Gasteiger partial charge in [-0.25, -0.2) is 9.97 Å². The molecular weight excluding hydrogens is 234 g/mol. The molecule has 2 aromatic rings. The van der Waals surface area contributed by atoms with Gasteiger partial charge in [0.15, 0.2) is 5.82 Å². The van der Waals surface area contributed by atoms with Crippen LogP contribution in [-0.4, -0.2) is 16.5 Å². The zero-order chi connectivity index (χ0) is 13.8. The summed E-state index contributed by atoms with van der Waals surface area (Å²) in [6.45, 7) is 9.26. The number of hydrogen-bond acceptors (Lipinski definition) is 3. The number of nitrogens with one attached hydrogen (secondary N) is 1. The van der Waals surface area contributed by atoms with E-state index in [0.717, 1.165) is 41.4 Å². The van der Waals surface area contributed by atoms with Crippen LogP contribution in [0.3, 0.4) is 0 Å². The maximum Gasteiger partial charge on any atom is 0.161 e. The Morgan fingerprint density at radius 2 is 1.68 bits per heavy atom. The Morgan fingerprint density at radius 1 is 1.00 bits per heavy atom. The van der Waals surface area contributed by atoms with Crippen molar-refractivity contribution in [1.29, 1.82) is 0 Å². The third-order valence-corrected chi connectivity index (χ3v) is 3.24. The lowest BCUT2D eigenvalue weighted by Crippen LogP contribution is -2.07. The average Bonchev–Trinajstić information content (AvgIpc) is 2.41. The van der Waals surface area contributed by atoms with Crippen molar-refractivity contribution in [2.75, 3.05) is 11.9 Å². The SMILES string of the molecule is CCCNc1nc(-c2ccc(C)cc2)nc(C)c1C. The number of nitrogens with zero attached hydrogens (tertiary/aromatic N) is 2. The summed E-state index contributed by atoms with van der Waals surface area (Å²) in [6, 6.07) is 8.33. The normalized spacial score (nSPS) is 10.5. The molecular formula is C16H21N3. The molecule has 0 radical (unpaired) electrons. The molecule has 100 valence electrons. The summed E-state index contributed by atoms with van der Waals surface area (Å²) in [4.78, 5) is 9.24. The van der Waals surface area contributed by atoms with Gasteiger partial charge in [0, 0.05) is 23.4 Å². The molecule has 3 nitrogen and oxygen atoms in total. The molecule has 1 heterocycles. The average molecular weight is 255 g/mol. The lowest BCUT2D eigenvalue weighted by atomic mass is 10.1. The lowest BCUT2D eigenvalue weighted by molar-refractivity contribution is 0.955. The van der Waals surface area contributed by atoms with E-state index in [1.54, 1.807) is 0 Å². The second-order valence-electron chi connectivity index (χ2n) is 4.90. The van der Waals surface area contributed by atoms with Gasteiger partial charge in [-0.2, -0.15) is 0 Å². The van der Waals surface area contributed by atoms with Crippen molar-refractivity contribution in [2.45, 2.75) is 34.1 Å². The summed E-state index contributed by atoms with van der Waals surface area (Å²) in [6.07, 6.45) is 1.09. The number of rotatable bonds is 4. The zero-order valence-electron chi connectivity index (χ0n) is 12.1. The fourth-order valence-corrected chi connectivity index (χ4v) is 1.88. The molecule has 0 spiro atoms. The van der Waals surface area contributed by atoms with Gasteiger partial charge >= 0.3 is 0 Å². The minimum absolute atomic E-state index is 0.793. The Morgan fingerprint density at radius 3 is 2.32 bits per heavy atom. The summed E-state index contributed by atoms with van der Waals surface area (Å²) < 4.78 is 0. The van der Waals surface area contributed by atoms with Crippen LogP contribution in [0, 0.1) is 20.8 Å². The van der Waals surface area contributed by atoms with Gasteiger partial charge in [0.25, 0.3) is 0 Å². The largest absolute Gasteiger partial charge is 0.370 e. The maximum absolute atomic E-state index is 4.65.